The fourth-order valence-corrected chi connectivity index (χ4v) is 4.40. The first-order chi connectivity index (χ1) is 17.3. The quantitative estimate of drug-likeness (QED) is 0.300. The first-order valence-electron chi connectivity index (χ1n) is 10.9. The van der Waals surface area contributed by atoms with Crippen LogP contribution in [0.1, 0.15) is 52.5 Å². The highest BCUT2D eigenvalue weighted by Crippen LogP contribution is 2.39. The van der Waals surface area contributed by atoms with Gasteiger partial charge in [0.15, 0.2) is 11.5 Å². The Morgan fingerprint density at radius 3 is 2.46 bits per heavy atom. The predicted molar refractivity (Wildman–Crippen MR) is 122 cm³/mol. The Bertz CT molecular complexity index is 1470. The Morgan fingerprint density at radius 2 is 1.89 bits per heavy atom. The summed E-state index contributed by atoms with van der Waals surface area (Å²) >= 11 is 0. The van der Waals surface area contributed by atoms with Crippen LogP contribution in [0.5, 0.6) is 11.6 Å². The molecule has 14 heteroatoms. The zero-order valence-electron chi connectivity index (χ0n) is 19.4. The molecule has 0 aliphatic heterocycles. The molecule has 4 rings (SSSR count). The molecule has 1 amide bonds. The number of nitrogens with one attached hydrogen (secondary N) is 2. The first kappa shape index (κ1) is 26.4. The maximum Gasteiger partial charge on any atom is 0.435 e. The summed E-state index contributed by atoms with van der Waals surface area (Å²) in [6, 6.07) is 6.31. The van der Waals surface area contributed by atoms with Gasteiger partial charge < -0.3 is 10.1 Å². The molecule has 0 saturated heterocycles. The molecule has 2 aromatic heterocycles. The molecule has 1 aliphatic carbocycles. The molecule has 1 aliphatic rings. The van der Waals surface area contributed by atoms with Crippen LogP contribution in [0, 0.1) is 23.5 Å². The van der Waals surface area contributed by atoms with Crippen LogP contribution < -0.4 is 10.1 Å². The molecular weight excluding hydrogens is 521 g/mol. The van der Waals surface area contributed by atoms with Gasteiger partial charge in [0.1, 0.15) is 5.56 Å². The molecule has 2 heterocycles. The van der Waals surface area contributed by atoms with Crippen molar-refractivity contribution in [1.82, 2.24) is 15.2 Å². The number of ether oxygens (including phenoxy) is 1. The van der Waals surface area contributed by atoms with Crippen LogP contribution in [-0.2, 0) is 15.9 Å². The van der Waals surface area contributed by atoms with Crippen molar-refractivity contribution in [3.05, 3.63) is 64.6 Å². The summed E-state index contributed by atoms with van der Waals surface area (Å²) in [5.41, 5.74) is -2.80. The van der Waals surface area contributed by atoms with Crippen LogP contribution >= 0.6 is 0 Å². The van der Waals surface area contributed by atoms with E-state index in [0.717, 1.165) is 25.7 Å². The molecule has 8 nitrogen and oxygen atoms in total. The lowest BCUT2D eigenvalue weighted by molar-refractivity contribution is -0.142. The van der Waals surface area contributed by atoms with Crippen molar-refractivity contribution in [2.75, 3.05) is 11.6 Å². The lowest BCUT2D eigenvalue weighted by Crippen LogP contribution is -2.21. The number of carbonyl (C=O) groups excluding carboxylic acids is 1. The zero-order valence-corrected chi connectivity index (χ0v) is 20.3. The third-order valence-electron chi connectivity index (χ3n) is 5.85. The van der Waals surface area contributed by atoms with Gasteiger partial charge in [-0.05, 0) is 49.6 Å². The van der Waals surface area contributed by atoms with Gasteiger partial charge in [0.2, 0.25) is 5.75 Å². The summed E-state index contributed by atoms with van der Waals surface area (Å²) in [7, 11) is -3.16. The minimum Gasteiger partial charge on any atom is -0.429 e. The molecule has 37 heavy (non-hydrogen) atoms. The Hall–Kier alpha value is -3.68. The van der Waals surface area contributed by atoms with Crippen molar-refractivity contribution in [3.63, 3.8) is 0 Å². The van der Waals surface area contributed by atoms with E-state index < -0.39 is 62.0 Å². The molecule has 0 bridgehead atoms. The molecule has 1 fully saturated rings. The number of hydrogen-bond donors (Lipinski definition) is 2. The highest BCUT2D eigenvalue weighted by Gasteiger charge is 2.38. The van der Waals surface area contributed by atoms with E-state index in [2.05, 4.69) is 20.5 Å². The van der Waals surface area contributed by atoms with Crippen LogP contribution in [0.3, 0.4) is 0 Å². The number of rotatable bonds is 6. The highest BCUT2D eigenvalue weighted by molar-refractivity contribution is 7.91. The van der Waals surface area contributed by atoms with E-state index in [9.17, 15) is 31.0 Å². The van der Waals surface area contributed by atoms with Gasteiger partial charge >= 0.3 is 6.18 Å². The number of hydrogen-bond acceptors (Lipinski definition) is 7. The summed E-state index contributed by atoms with van der Waals surface area (Å²) in [4.78, 5) is 16.9. The number of carbonyl (C=O) groups is 1. The largest absolute Gasteiger partial charge is 0.435 e. The second-order valence-electron chi connectivity index (χ2n) is 8.56. The van der Waals surface area contributed by atoms with Crippen molar-refractivity contribution < 1.29 is 35.7 Å². The normalized spacial score (nSPS) is 15.5. The molecule has 2 N–H and O–H groups in total. The zero-order chi connectivity index (χ0) is 27.1. The standard InChI is InChI=1S/C23H20F5N5O3S/c1-11-17(21(34)30-13-7-4-8-14(9-13)37(2,29)35)22(33-32-19(11)23(26,27)28)36-18-15(24)10-16(31-20(18)25)12-5-3-6-12/h4,7-10,12,29H,3,5-6H2,1-2H3,(H,30,34). The second-order valence-corrected chi connectivity index (χ2v) is 10.7. The van der Waals surface area contributed by atoms with E-state index in [0.29, 0.717) is 12.8 Å². The van der Waals surface area contributed by atoms with Crippen molar-refractivity contribution >= 4 is 21.3 Å². The van der Waals surface area contributed by atoms with E-state index >= 15 is 0 Å². The Labute approximate surface area is 208 Å². The van der Waals surface area contributed by atoms with Gasteiger partial charge in [-0.2, -0.15) is 17.6 Å². The topological polar surface area (TPSA) is 118 Å². The number of halogens is 5. The Morgan fingerprint density at radius 1 is 1.19 bits per heavy atom. The van der Waals surface area contributed by atoms with E-state index in [4.69, 9.17) is 9.52 Å². The average molecular weight is 542 g/mol. The van der Waals surface area contributed by atoms with Crippen molar-refractivity contribution in [2.24, 2.45) is 0 Å². The summed E-state index contributed by atoms with van der Waals surface area (Å²) in [6.07, 6.45) is -1.51. The highest BCUT2D eigenvalue weighted by atomic mass is 32.2. The number of benzene rings is 1. The molecule has 0 spiro atoms. The number of amides is 1. The Kier molecular flexibility index (Phi) is 6.88. The molecule has 1 atom stereocenters. The van der Waals surface area contributed by atoms with E-state index in [1.165, 1.54) is 24.3 Å². The van der Waals surface area contributed by atoms with Gasteiger partial charge in [-0.25, -0.2) is 18.4 Å². The minimum atomic E-state index is -4.99. The fraction of sp³-hybridized carbons (Fsp3) is 0.304. The van der Waals surface area contributed by atoms with Gasteiger partial charge in [0.25, 0.3) is 17.7 Å². The molecule has 196 valence electrons. The minimum absolute atomic E-state index is 0.00363. The maximum absolute atomic E-state index is 14.7. The number of alkyl halides is 3. The van der Waals surface area contributed by atoms with Crippen LogP contribution in [0.2, 0.25) is 0 Å². The van der Waals surface area contributed by atoms with Gasteiger partial charge in [0, 0.05) is 28.5 Å². The molecule has 1 unspecified atom stereocenters. The SMILES string of the molecule is Cc1c(C(F)(F)F)nnc(Oc2c(F)cc(C3CCC3)nc2F)c1C(=O)Nc1cccc(S(C)(=N)=O)c1. The molecule has 0 radical (unpaired) electrons. The van der Waals surface area contributed by atoms with Gasteiger partial charge in [-0.1, -0.05) is 12.5 Å². The average Bonchev–Trinajstić information content (AvgIpc) is 2.73. The summed E-state index contributed by atoms with van der Waals surface area (Å²) in [5.74, 6) is -5.72. The van der Waals surface area contributed by atoms with Crippen molar-refractivity contribution in [3.8, 4) is 11.6 Å². The molecule has 1 saturated carbocycles. The maximum atomic E-state index is 14.7. The lowest BCUT2D eigenvalue weighted by atomic mass is 9.83. The van der Waals surface area contributed by atoms with Crippen molar-refractivity contribution in [2.45, 2.75) is 43.2 Å². The number of anilines is 1. The Balaban J connectivity index is 1.75. The fourth-order valence-electron chi connectivity index (χ4n) is 3.71. The molecular formula is C23H20F5N5O3S. The first-order valence-corrected chi connectivity index (χ1v) is 12.9. The van der Waals surface area contributed by atoms with E-state index in [-0.39, 0.29) is 22.2 Å². The number of nitrogens with zero attached hydrogens (tertiary/aromatic N) is 3. The lowest BCUT2D eigenvalue weighted by Gasteiger charge is -2.25. The third-order valence-corrected chi connectivity index (χ3v) is 7.00. The number of pyridine rings is 1. The third kappa shape index (κ3) is 5.53. The van der Waals surface area contributed by atoms with Crippen LogP contribution in [0.4, 0.5) is 27.6 Å². The van der Waals surface area contributed by atoms with Gasteiger partial charge in [0.05, 0.1) is 9.73 Å². The van der Waals surface area contributed by atoms with Crippen LogP contribution in [-0.4, -0.2) is 31.6 Å². The second kappa shape index (κ2) is 9.65. The van der Waals surface area contributed by atoms with Crippen molar-refractivity contribution in [1.29, 1.82) is 4.78 Å². The predicted octanol–water partition coefficient (Wildman–Crippen LogP) is 5.82. The van der Waals surface area contributed by atoms with Gasteiger partial charge in [-0.3, -0.25) is 4.79 Å². The van der Waals surface area contributed by atoms with Crippen LogP contribution in [0.25, 0.3) is 0 Å². The molecule has 3 aromatic rings. The summed E-state index contributed by atoms with van der Waals surface area (Å²) < 4.78 is 94.8. The molecule has 1 aromatic carbocycles. The summed E-state index contributed by atoms with van der Waals surface area (Å²) in [5, 5.41) is 8.68. The van der Waals surface area contributed by atoms with E-state index in [1.807, 2.05) is 0 Å². The number of aromatic nitrogens is 3. The monoisotopic (exact) mass is 541 g/mol. The van der Waals surface area contributed by atoms with E-state index in [1.54, 1.807) is 0 Å². The summed E-state index contributed by atoms with van der Waals surface area (Å²) in [6.45, 7) is 0.934. The van der Waals surface area contributed by atoms with Gasteiger partial charge in [-0.15, -0.1) is 10.2 Å². The smallest absolute Gasteiger partial charge is 0.429 e. The van der Waals surface area contributed by atoms with Crippen LogP contribution in [0.15, 0.2) is 35.2 Å².